The van der Waals surface area contributed by atoms with Gasteiger partial charge < -0.3 is 9.47 Å². The number of aromatic nitrogens is 4. The van der Waals surface area contributed by atoms with Crippen molar-refractivity contribution in [1.29, 1.82) is 0 Å². The molecule has 0 unspecified atom stereocenters. The van der Waals surface area contributed by atoms with Gasteiger partial charge in [0, 0.05) is 5.54 Å². The van der Waals surface area contributed by atoms with E-state index in [4.69, 9.17) is 9.47 Å². The molecule has 1 saturated carbocycles. The zero-order valence-corrected chi connectivity index (χ0v) is 17.6. The zero-order valence-electron chi connectivity index (χ0n) is 16.0. The van der Waals surface area contributed by atoms with Crippen molar-refractivity contribution < 1.29 is 31.1 Å². The lowest BCUT2D eigenvalue weighted by Gasteiger charge is -2.25. The molecule has 0 bridgehead atoms. The van der Waals surface area contributed by atoms with Crippen LogP contribution in [-0.2, 0) is 14.8 Å². The SMILES string of the molecule is CC1(NS(=O)(=O)c2cc(F)c3c(OC4COC4)nn(-c4nnc(C(F)F)s4)c3c2)CC1. The molecule has 2 fully saturated rings. The monoisotopic (exact) mass is 475 g/mol. The summed E-state index contributed by atoms with van der Waals surface area (Å²) >= 11 is 0.561. The lowest BCUT2D eigenvalue weighted by atomic mass is 10.2. The smallest absolute Gasteiger partial charge is 0.291 e. The number of hydrogen-bond donors (Lipinski definition) is 1. The van der Waals surface area contributed by atoms with Crippen LogP contribution in [-0.4, -0.2) is 53.3 Å². The Balaban J connectivity index is 1.65. The quantitative estimate of drug-likeness (QED) is 0.560. The summed E-state index contributed by atoms with van der Waals surface area (Å²) < 4.78 is 81.0. The molecule has 14 heteroatoms. The number of nitrogens with zero attached hydrogens (tertiary/aromatic N) is 4. The summed E-state index contributed by atoms with van der Waals surface area (Å²) in [4.78, 5) is -0.316. The van der Waals surface area contributed by atoms with Crippen LogP contribution in [0.15, 0.2) is 17.0 Å². The van der Waals surface area contributed by atoms with Crippen molar-refractivity contribution in [1.82, 2.24) is 24.7 Å². The molecule has 0 radical (unpaired) electrons. The van der Waals surface area contributed by atoms with Gasteiger partial charge in [-0.15, -0.1) is 15.3 Å². The molecule has 9 nitrogen and oxygen atoms in total. The Labute approximate surface area is 178 Å². The van der Waals surface area contributed by atoms with Crippen molar-refractivity contribution in [3.63, 3.8) is 0 Å². The fourth-order valence-corrected chi connectivity index (χ4v) is 5.20. The zero-order chi connectivity index (χ0) is 22.0. The summed E-state index contributed by atoms with van der Waals surface area (Å²) in [6.45, 7) is 2.34. The number of nitrogens with one attached hydrogen (secondary N) is 1. The third kappa shape index (κ3) is 3.77. The van der Waals surface area contributed by atoms with Crippen LogP contribution < -0.4 is 9.46 Å². The molecule has 1 aromatic carbocycles. The molecular formula is C17H16F3N5O4S2. The molecule has 3 aromatic rings. The van der Waals surface area contributed by atoms with Gasteiger partial charge in [0.15, 0.2) is 5.01 Å². The van der Waals surface area contributed by atoms with E-state index in [2.05, 4.69) is 20.0 Å². The maximum absolute atomic E-state index is 15.1. The van der Waals surface area contributed by atoms with Crippen LogP contribution in [0.3, 0.4) is 0 Å². The molecular weight excluding hydrogens is 459 g/mol. The number of rotatable bonds is 7. The maximum Gasteiger partial charge on any atom is 0.291 e. The first-order valence-electron chi connectivity index (χ1n) is 9.28. The van der Waals surface area contributed by atoms with Crippen LogP contribution in [0.5, 0.6) is 5.88 Å². The highest BCUT2D eigenvalue weighted by Gasteiger charge is 2.41. The highest BCUT2D eigenvalue weighted by molar-refractivity contribution is 7.89. The van der Waals surface area contributed by atoms with Gasteiger partial charge in [-0.1, -0.05) is 11.3 Å². The minimum absolute atomic E-state index is 0.00790. The third-order valence-electron chi connectivity index (χ3n) is 5.05. The van der Waals surface area contributed by atoms with Crippen molar-refractivity contribution in [2.75, 3.05) is 13.2 Å². The summed E-state index contributed by atoms with van der Waals surface area (Å²) in [5, 5.41) is 10.6. The predicted octanol–water partition coefficient (Wildman–Crippen LogP) is 2.56. The highest BCUT2D eigenvalue weighted by Crippen LogP contribution is 2.38. The topological polar surface area (TPSA) is 108 Å². The molecule has 2 aromatic heterocycles. The minimum atomic E-state index is -4.03. The summed E-state index contributed by atoms with van der Waals surface area (Å²) in [5.41, 5.74) is -0.553. The van der Waals surface area contributed by atoms with E-state index in [-0.39, 0.29) is 32.9 Å². The molecule has 166 valence electrons. The molecule has 3 heterocycles. The molecule has 31 heavy (non-hydrogen) atoms. The van der Waals surface area contributed by atoms with Crippen molar-refractivity contribution >= 4 is 32.3 Å². The fourth-order valence-electron chi connectivity index (χ4n) is 3.04. The standard InChI is InChI=1S/C17H16F3N5O4S2/c1-17(2-3-17)24-31(26,27)9-4-10(18)12-11(5-9)25(16-22-21-15(30-16)13(19)20)23-14(12)29-8-6-28-7-8/h4-5,8,13,24H,2-3,6-7H2,1H3. The second-order valence-electron chi connectivity index (χ2n) is 7.68. The average molecular weight is 475 g/mol. The van der Waals surface area contributed by atoms with E-state index in [9.17, 15) is 17.2 Å². The summed E-state index contributed by atoms with van der Waals surface area (Å²) in [5.74, 6) is -0.987. The van der Waals surface area contributed by atoms with E-state index in [1.165, 1.54) is 6.07 Å². The Kier molecular flexibility index (Phi) is 4.73. The van der Waals surface area contributed by atoms with E-state index in [0.29, 0.717) is 37.4 Å². The first-order valence-corrected chi connectivity index (χ1v) is 11.6. The van der Waals surface area contributed by atoms with Crippen molar-refractivity contribution in [3.05, 3.63) is 23.0 Å². The molecule has 1 aliphatic carbocycles. The third-order valence-corrected chi connectivity index (χ3v) is 7.57. The lowest BCUT2D eigenvalue weighted by Crippen LogP contribution is -2.38. The maximum atomic E-state index is 15.1. The Hall–Kier alpha value is -2.29. The number of alkyl halides is 2. The summed E-state index contributed by atoms with van der Waals surface area (Å²) in [6.07, 6.45) is -1.83. The van der Waals surface area contributed by atoms with Gasteiger partial charge in [0.05, 0.1) is 29.0 Å². The number of halogens is 3. The highest BCUT2D eigenvalue weighted by atomic mass is 32.2. The van der Waals surface area contributed by atoms with Crippen LogP contribution >= 0.6 is 11.3 Å². The normalized spacial score (nSPS) is 18.5. The first kappa shape index (κ1) is 20.6. The van der Waals surface area contributed by atoms with E-state index >= 15 is 4.39 Å². The van der Waals surface area contributed by atoms with E-state index in [1.54, 1.807) is 6.92 Å². The molecule has 1 N–H and O–H groups in total. The van der Waals surface area contributed by atoms with E-state index in [0.717, 1.165) is 10.7 Å². The van der Waals surface area contributed by atoms with Gasteiger partial charge in [0.1, 0.15) is 11.9 Å². The van der Waals surface area contributed by atoms with Crippen molar-refractivity contribution in [2.45, 2.75) is 42.7 Å². The van der Waals surface area contributed by atoms with Crippen LogP contribution in [0.25, 0.3) is 16.0 Å². The lowest BCUT2D eigenvalue weighted by molar-refractivity contribution is -0.0809. The van der Waals surface area contributed by atoms with Gasteiger partial charge in [-0.25, -0.2) is 31.0 Å². The minimum Gasteiger partial charge on any atom is -0.468 e. The predicted molar refractivity (Wildman–Crippen MR) is 103 cm³/mol. The number of hydrogen-bond acceptors (Lipinski definition) is 8. The molecule has 0 amide bonds. The fraction of sp³-hybridized carbons (Fsp3) is 0.471. The van der Waals surface area contributed by atoms with E-state index in [1.807, 2.05) is 0 Å². The Morgan fingerprint density at radius 1 is 1.32 bits per heavy atom. The van der Waals surface area contributed by atoms with Crippen molar-refractivity contribution in [2.24, 2.45) is 0 Å². The largest absolute Gasteiger partial charge is 0.468 e. The second-order valence-corrected chi connectivity index (χ2v) is 10.4. The molecule has 5 rings (SSSR count). The second kappa shape index (κ2) is 7.12. The summed E-state index contributed by atoms with van der Waals surface area (Å²) in [6, 6.07) is 2.10. The van der Waals surface area contributed by atoms with Gasteiger partial charge in [-0.05, 0) is 31.9 Å². The average Bonchev–Trinajstić information content (AvgIpc) is 3.07. The molecule has 1 aliphatic heterocycles. The molecule has 1 saturated heterocycles. The van der Waals surface area contributed by atoms with Crippen LogP contribution in [0.4, 0.5) is 13.2 Å². The first-order chi connectivity index (χ1) is 14.7. The van der Waals surface area contributed by atoms with Crippen LogP contribution in [0.1, 0.15) is 31.2 Å². The van der Waals surface area contributed by atoms with Crippen molar-refractivity contribution in [3.8, 4) is 11.0 Å². The van der Waals surface area contributed by atoms with Crippen LogP contribution in [0.2, 0.25) is 0 Å². The number of sulfonamides is 1. The number of fused-ring (bicyclic) bond motifs is 1. The van der Waals surface area contributed by atoms with Gasteiger partial charge in [0.2, 0.25) is 21.0 Å². The summed E-state index contributed by atoms with van der Waals surface area (Å²) in [7, 11) is -4.03. The Morgan fingerprint density at radius 3 is 2.65 bits per heavy atom. The Bertz CT molecular complexity index is 1270. The van der Waals surface area contributed by atoms with E-state index < -0.39 is 32.8 Å². The number of ether oxygens (including phenoxy) is 2. The Morgan fingerprint density at radius 2 is 2.06 bits per heavy atom. The van der Waals surface area contributed by atoms with Gasteiger partial charge in [0.25, 0.3) is 6.43 Å². The van der Waals surface area contributed by atoms with Crippen LogP contribution in [0, 0.1) is 5.82 Å². The van der Waals surface area contributed by atoms with Gasteiger partial charge >= 0.3 is 0 Å². The molecule has 0 atom stereocenters. The van der Waals surface area contributed by atoms with Gasteiger partial charge in [-0.3, -0.25) is 0 Å². The molecule has 0 spiro atoms. The number of benzene rings is 1. The molecule has 2 aliphatic rings. The van der Waals surface area contributed by atoms with Gasteiger partial charge in [-0.2, -0.15) is 0 Å².